The van der Waals surface area contributed by atoms with E-state index >= 15 is 0 Å². The Hall–Kier alpha value is -4.65. The summed E-state index contributed by atoms with van der Waals surface area (Å²) in [5, 5.41) is 1.99. The molecule has 5 aromatic rings. The Labute approximate surface area is 214 Å². The summed E-state index contributed by atoms with van der Waals surface area (Å²) >= 11 is 0. The van der Waals surface area contributed by atoms with Crippen LogP contribution in [0.1, 0.15) is 17.3 Å². The number of hydrogen-bond acceptors (Lipinski definition) is 5. The summed E-state index contributed by atoms with van der Waals surface area (Å²) < 4.78 is 0. The van der Waals surface area contributed by atoms with Crippen molar-refractivity contribution < 1.29 is 9.59 Å². The van der Waals surface area contributed by atoms with E-state index in [2.05, 4.69) is 33.2 Å². The number of carbonyl (C=O) groups excluding carboxylic acids is 2. The van der Waals surface area contributed by atoms with Crippen LogP contribution in [0.4, 0.5) is 0 Å². The van der Waals surface area contributed by atoms with E-state index < -0.39 is 0 Å². The SMILES string of the molecule is CC(=O)N1CCN(C(=O)c2cccc(-c3ncnc4ccc(-c5cnc6ccccc6c5)cc34)c2)CC1. The Balaban J connectivity index is 1.35. The van der Waals surface area contributed by atoms with E-state index in [9.17, 15) is 9.59 Å². The number of fused-ring (bicyclic) bond motifs is 2. The molecule has 1 aliphatic rings. The Morgan fingerprint density at radius 2 is 1.51 bits per heavy atom. The number of rotatable bonds is 3. The number of carbonyl (C=O) groups is 2. The molecule has 37 heavy (non-hydrogen) atoms. The number of aromatic nitrogens is 3. The molecule has 0 unspecified atom stereocenters. The first-order valence-corrected chi connectivity index (χ1v) is 12.3. The van der Waals surface area contributed by atoms with Gasteiger partial charge in [-0.3, -0.25) is 14.6 Å². The molecular formula is C30H25N5O2. The minimum absolute atomic E-state index is 0.0358. The minimum Gasteiger partial charge on any atom is -0.339 e. The second-order valence-corrected chi connectivity index (χ2v) is 9.25. The van der Waals surface area contributed by atoms with Gasteiger partial charge < -0.3 is 9.80 Å². The van der Waals surface area contributed by atoms with Crippen molar-refractivity contribution in [3.63, 3.8) is 0 Å². The van der Waals surface area contributed by atoms with Crippen LogP contribution < -0.4 is 0 Å². The van der Waals surface area contributed by atoms with Gasteiger partial charge in [0.25, 0.3) is 5.91 Å². The van der Waals surface area contributed by atoms with Gasteiger partial charge >= 0.3 is 0 Å². The van der Waals surface area contributed by atoms with Gasteiger partial charge in [0.1, 0.15) is 6.33 Å². The summed E-state index contributed by atoms with van der Waals surface area (Å²) in [5.74, 6) is 0.00918. The highest BCUT2D eigenvalue weighted by Gasteiger charge is 2.23. The molecule has 7 heteroatoms. The van der Waals surface area contributed by atoms with Crippen LogP contribution in [0.15, 0.2) is 85.3 Å². The summed E-state index contributed by atoms with van der Waals surface area (Å²) in [6.07, 6.45) is 3.45. The van der Waals surface area contributed by atoms with Crippen molar-refractivity contribution in [3.8, 4) is 22.4 Å². The van der Waals surface area contributed by atoms with Gasteiger partial charge in [-0.05, 0) is 42.0 Å². The summed E-state index contributed by atoms with van der Waals surface area (Å²) in [6, 6.07) is 23.9. The number of amides is 2. The van der Waals surface area contributed by atoms with Gasteiger partial charge in [-0.1, -0.05) is 36.4 Å². The molecule has 0 saturated carbocycles. The van der Waals surface area contributed by atoms with E-state index in [1.54, 1.807) is 18.2 Å². The van der Waals surface area contributed by atoms with Gasteiger partial charge in [-0.2, -0.15) is 0 Å². The molecule has 7 nitrogen and oxygen atoms in total. The van der Waals surface area contributed by atoms with Crippen LogP contribution in [0, 0.1) is 0 Å². The predicted molar refractivity (Wildman–Crippen MR) is 144 cm³/mol. The Bertz CT molecular complexity index is 1660. The van der Waals surface area contributed by atoms with Crippen molar-refractivity contribution in [2.75, 3.05) is 26.2 Å². The molecule has 0 aliphatic carbocycles. The molecular weight excluding hydrogens is 462 g/mol. The Morgan fingerprint density at radius 1 is 0.703 bits per heavy atom. The van der Waals surface area contributed by atoms with Crippen LogP contribution in [0.5, 0.6) is 0 Å². The Kier molecular flexibility index (Phi) is 5.81. The van der Waals surface area contributed by atoms with Gasteiger partial charge in [0.15, 0.2) is 0 Å². The quantitative estimate of drug-likeness (QED) is 0.365. The third-order valence-electron chi connectivity index (χ3n) is 6.95. The van der Waals surface area contributed by atoms with E-state index in [1.165, 1.54) is 0 Å². The maximum absolute atomic E-state index is 13.3. The first kappa shape index (κ1) is 22.8. The molecule has 3 heterocycles. The van der Waals surface area contributed by atoms with Gasteiger partial charge in [0, 0.05) is 66.8 Å². The van der Waals surface area contributed by atoms with Gasteiger partial charge in [0.05, 0.1) is 16.7 Å². The topological polar surface area (TPSA) is 79.3 Å². The smallest absolute Gasteiger partial charge is 0.253 e. The fourth-order valence-electron chi connectivity index (χ4n) is 4.90. The number of nitrogens with zero attached hydrogens (tertiary/aromatic N) is 5. The first-order chi connectivity index (χ1) is 18.1. The molecule has 1 fully saturated rings. The molecule has 1 aliphatic heterocycles. The molecule has 182 valence electrons. The average Bonchev–Trinajstić information content (AvgIpc) is 2.96. The van der Waals surface area contributed by atoms with Crippen LogP contribution in [0.2, 0.25) is 0 Å². The number of benzene rings is 3. The second kappa shape index (κ2) is 9.43. The maximum atomic E-state index is 13.3. The van der Waals surface area contributed by atoms with Gasteiger partial charge in [0.2, 0.25) is 5.91 Å². The lowest BCUT2D eigenvalue weighted by molar-refractivity contribution is -0.130. The van der Waals surface area contributed by atoms with Crippen LogP contribution in [0.3, 0.4) is 0 Å². The molecule has 6 rings (SSSR count). The van der Waals surface area contributed by atoms with E-state index in [4.69, 9.17) is 0 Å². The molecule has 0 N–H and O–H groups in total. The van der Waals surface area contributed by atoms with E-state index in [-0.39, 0.29) is 11.8 Å². The lowest BCUT2D eigenvalue weighted by atomic mass is 9.99. The lowest BCUT2D eigenvalue weighted by Crippen LogP contribution is -2.50. The molecule has 2 aromatic heterocycles. The van der Waals surface area contributed by atoms with Crippen molar-refractivity contribution in [1.82, 2.24) is 24.8 Å². The average molecular weight is 488 g/mol. The third kappa shape index (κ3) is 4.40. The van der Waals surface area contributed by atoms with E-state index in [0.29, 0.717) is 31.7 Å². The zero-order valence-electron chi connectivity index (χ0n) is 20.5. The van der Waals surface area contributed by atoms with Crippen molar-refractivity contribution in [3.05, 3.63) is 90.9 Å². The van der Waals surface area contributed by atoms with Crippen LogP contribution in [-0.2, 0) is 4.79 Å². The van der Waals surface area contributed by atoms with Crippen molar-refractivity contribution >= 4 is 33.6 Å². The fraction of sp³-hybridized carbons (Fsp3) is 0.167. The normalized spacial score (nSPS) is 13.8. The zero-order chi connectivity index (χ0) is 25.4. The summed E-state index contributed by atoms with van der Waals surface area (Å²) in [4.78, 5) is 42.2. The monoisotopic (exact) mass is 487 g/mol. The standard InChI is InChI=1S/C30H25N5O2/c1-20(36)34-11-13-35(14-12-34)30(37)24-7-4-6-23(16-24)29-26-17-21(9-10-28(26)32-19-33-29)25-15-22-5-2-3-8-27(22)31-18-25/h2-10,15-19H,11-14H2,1H3. The zero-order valence-corrected chi connectivity index (χ0v) is 20.5. The number of piperazine rings is 1. The number of pyridine rings is 1. The molecule has 0 spiro atoms. The molecule has 0 bridgehead atoms. The maximum Gasteiger partial charge on any atom is 0.253 e. The van der Waals surface area contributed by atoms with E-state index in [0.717, 1.165) is 44.2 Å². The highest BCUT2D eigenvalue weighted by atomic mass is 16.2. The minimum atomic E-state index is -0.0358. The van der Waals surface area contributed by atoms with Crippen molar-refractivity contribution in [2.45, 2.75) is 6.92 Å². The summed E-state index contributed by atoms with van der Waals surface area (Å²) in [5.41, 5.74) is 6.07. The second-order valence-electron chi connectivity index (χ2n) is 9.25. The predicted octanol–water partition coefficient (Wildman–Crippen LogP) is 4.82. The lowest BCUT2D eigenvalue weighted by Gasteiger charge is -2.34. The molecule has 3 aromatic carbocycles. The fourth-order valence-corrected chi connectivity index (χ4v) is 4.90. The number of hydrogen-bond donors (Lipinski definition) is 0. The summed E-state index contributed by atoms with van der Waals surface area (Å²) in [7, 11) is 0. The summed E-state index contributed by atoms with van der Waals surface area (Å²) in [6.45, 7) is 3.74. The first-order valence-electron chi connectivity index (χ1n) is 12.3. The van der Waals surface area contributed by atoms with Crippen LogP contribution in [0.25, 0.3) is 44.2 Å². The molecule has 2 amide bonds. The van der Waals surface area contributed by atoms with Crippen molar-refractivity contribution in [2.24, 2.45) is 0 Å². The number of para-hydroxylation sites is 1. The highest BCUT2D eigenvalue weighted by Crippen LogP contribution is 2.31. The van der Waals surface area contributed by atoms with Gasteiger partial charge in [-0.25, -0.2) is 9.97 Å². The van der Waals surface area contributed by atoms with E-state index in [1.807, 2.05) is 65.7 Å². The van der Waals surface area contributed by atoms with Gasteiger partial charge in [-0.15, -0.1) is 0 Å². The molecule has 1 saturated heterocycles. The van der Waals surface area contributed by atoms with Crippen LogP contribution in [-0.4, -0.2) is 62.7 Å². The van der Waals surface area contributed by atoms with Crippen molar-refractivity contribution in [1.29, 1.82) is 0 Å². The Morgan fingerprint density at radius 3 is 2.35 bits per heavy atom. The third-order valence-corrected chi connectivity index (χ3v) is 6.95. The largest absolute Gasteiger partial charge is 0.339 e. The molecule has 0 radical (unpaired) electrons. The highest BCUT2D eigenvalue weighted by molar-refractivity contribution is 5.99. The van der Waals surface area contributed by atoms with Crippen LogP contribution >= 0.6 is 0 Å². The molecule has 0 atom stereocenters.